The predicted octanol–water partition coefficient (Wildman–Crippen LogP) is 1.89. The Balaban J connectivity index is 2.20. The van der Waals surface area contributed by atoms with Gasteiger partial charge in [0.15, 0.2) is 11.4 Å². The van der Waals surface area contributed by atoms with Gasteiger partial charge >= 0.3 is 0 Å². The van der Waals surface area contributed by atoms with Crippen LogP contribution in [-0.4, -0.2) is 59.9 Å². The Bertz CT molecular complexity index is 617. The lowest BCUT2D eigenvalue weighted by Gasteiger charge is -2.34. The van der Waals surface area contributed by atoms with E-state index in [9.17, 15) is 4.79 Å². The number of likely N-dealkylation sites (N-methyl/N-ethyl adjacent to an activating group) is 1. The molecule has 1 aromatic carbocycles. The topological polar surface area (TPSA) is 71.7 Å². The number of rotatable bonds is 3. The van der Waals surface area contributed by atoms with Crippen LogP contribution >= 0.6 is 11.8 Å². The number of benzene rings is 1. The number of piperazine rings is 1. The van der Waals surface area contributed by atoms with Gasteiger partial charge in [-0.05, 0) is 24.9 Å². The third-order valence-electron chi connectivity index (χ3n) is 3.82. The van der Waals surface area contributed by atoms with Gasteiger partial charge < -0.3 is 9.80 Å². The lowest BCUT2D eigenvalue weighted by molar-refractivity contribution is 0.0644. The van der Waals surface area contributed by atoms with Crippen molar-refractivity contribution in [3.05, 3.63) is 29.8 Å². The molecule has 1 aromatic rings. The van der Waals surface area contributed by atoms with Gasteiger partial charge in [-0.25, -0.2) is 4.99 Å². The summed E-state index contributed by atoms with van der Waals surface area (Å²) in [6.07, 6.45) is 3.69. The highest BCUT2D eigenvalue weighted by Gasteiger charge is 2.23. The lowest BCUT2D eigenvalue weighted by Crippen LogP contribution is -2.48. The highest BCUT2D eigenvalue weighted by molar-refractivity contribution is 8.13. The first kappa shape index (κ1) is 17.3. The van der Waals surface area contributed by atoms with Crippen molar-refractivity contribution in [3.8, 4) is 6.19 Å². The fourth-order valence-corrected chi connectivity index (χ4v) is 2.81. The summed E-state index contributed by atoms with van der Waals surface area (Å²) in [6, 6.07) is 7.27. The van der Waals surface area contributed by atoms with Crippen LogP contribution in [0.15, 0.2) is 29.3 Å². The number of nitrogens with zero attached hydrogens (tertiary/aromatic N) is 4. The number of carbonyl (C=O) groups excluding carboxylic acids is 1. The van der Waals surface area contributed by atoms with Crippen molar-refractivity contribution in [2.45, 2.75) is 6.92 Å². The summed E-state index contributed by atoms with van der Waals surface area (Å²) in [5, 5.41) is 11.7. The Labute approximate surface area is 141 Å². The molecule has 6 nitrogen and oxygen atoms in total. The molecule has 122 valence electrons. The largest absolute Gasteiger partial charge is 0.336 e. The molecule has 0 atom stereocenters. The van der Waals surface area contributed by atoms with Gasteiger partial charge in [-0.2, -0.15) is 5.26 Å². The molecule has 1 saturated heterocycles. The summed E-state index contributed by atoms with van der Waals surface area (Å²) < 4.78 is 0. The van der Waals surface area contributed by atoms with Crippen LogP contribution < -0.4 is 5.32 Å². The number of amides is 1. The van der Waals surface area contributed by atoms with Crippen LogP contribution in [0.1, 0.15) is 17.3 Å². The fraction of sp³-hybridized carbons (Fsp3) is 0.438. The number of nitrogens with one attached hydrogen (secondary N) is 1. The van der Waals surface area contributed by atoms with Crippen LogP contribution in [0.5, 0.6) is 0 Å². The summed E-state index contributed by atoms with van der Waals surface area (Å²) >= 11 is 1.33. The van der Waals surface area contributed by atoms with E-state index >= 15 is 0 Å². The van der Waals surface area contributed by atoms with Crippen molar-refractivity contribution in [2.24, 2.45) is 4.99 Å². The van der Waals surface area contributed by atoms with Crippen LogP contribution in [0.25, 0.3) is 0 Å². The van der Waals surface area contributed by atoms with Gasteiger partial charge in [0.05, 0.1) is 11.3 Å². The van der Waals surface area contributed by atoms with E-state index < -0.39 is 0 Å². The summed E-state index contributed by atoms with van der Waals surface area (Å²) in [5.41, 5.74) is 1.16. The highest BCUT2D eigenvalue weighted by atomic mass is 32.2. The first-order chi connectivity index (χ1) is 11.2. The molecule has 0 bridgehead atoms. The Morgan fingerprint density at radius 1 is 1.35 bits per heavy atom. The minimum absolute atomic E-state index is 0.00230. The van der Waals surface area contributed by atoms with E-state index in [2.05, 4.69) is 22.1 Å². The summed E-state index contributed by atoms with van der Waals surface area (Å²) in [7, 11) is 0. The molecule has 1 N–H and O–H groups in total. The van der Waals surface area contributed by atoms with Crippen LogP contribution in [0.3, 0.4) is 0 Å². The SMILES string of the molecule is CCN1CCN(C(=O)c2ccccc2N=C(NC#N)SC)CC1. The summed E-state index contributed by atoms with van der Waals surface area (Å²) in [6.45, 7) is 6.42. The zero-order chi connectivity index (χ0) is 16.7. The molecule has 1 heterocycles. The molecule has 0 spiro atoms. The standard InChI is InChI=1S/C16H21N5OS/c1-3-20-8-10-21(11-9-20)15(22)13-6-4-5-7-14(13)19-16(23-2)18-12-17/h4-7H,3,8-11H2,1-2H3,(H,18,19). The summed E-state index contributed by atoms with van der Waals surface area (Å²) in [4.78, 5) is 21.4. The maximum atomic E-state index is 12.8. The van der Waals surface area contributed by atoms with Crippen molar-refractivity contribution < 1.29 is 4.79 Å². The second-order valence-corrected chi connectivity index (χ2v) is 5.90. The maximum absolute atomic E-state index is 12.8. The van der Waals surface area contributed by atoms with Crippen molar-refractivity contribution in [1.29, 1.82) is 5.26 Å². The lowest BCUT2D eigenvalue weighted by atomic mass is 10.1. The summed E-state index contributed by atoms with van der Waals surface area (Å²) in [5.74, 6) is -0.00230. The molecule has 0 aliphatic carbocycles. The number of hydrogen-bond acceptors (Lipinski definition) is 5. The first-order valence-electron chi connectivity index (χ1n) is 7.58. The quantitative estimate of drug-likeness (QED) is 0.396. The fourth-order valence-electron chi connectivity index (χ4n) is 2.47. The predicted molar refractivity (Wildman–Crippen MR) is 93.8 cm³/mol. The van der Waals surface area contributed by atoms with E-state index in [0.717, 1.165) is 32.7 Å². The zero-order valence-corrected chi connectivity index (χ0v) is 14.3. The second kappa shape index (κ2) is 8.56. The molecule has 0 unspecified atom stereocenters. The molecule has 23 heavy (non-hydrogen) atoms. The van der Waals surface area contributed by atoms with Crippen molar-refractivity contribution in [3.63, 3.8) is 0 Å². The molecule has 1 amide bonds. The van der Waals surface area contributed by atoms with E-state index in [-0.39, 0.29) is 5.91 Å². The van der Waals surface area contributed by atoms with E-state index in [1.165, 1.54) is 11.8 Å². The van der Waals surface area contributed by atoms with E-state index in [0.29, 0.717) is 16.4 Å². The number of amidine groups is 1. The number of thioether (sulfide) groups is 1. The zero-order valence-electron chi connectivity index (χ0n) is 13.5. The maximum Gasteiger partial charge on any atom is 0.256 e. The highest BCUT2D eigenvalue weighted by Crippen LogP contribution is 2.22. The third kappa shape index (κ3) is 4.47. The minimum Gasteiger partial charge on any atom is -0.336 e. The normalized spacial score (nSPS) is 16.0. The molecule has 0 aromatic heterocycles. The van der Waals surface area contributed by atoms with Gasteiger partial charge in [0.1, 0.15) is 0 Å². The molecule has 1 aliphatic heterocycles. The Morgan fingerprint density at radius 2 is 2.04 bits per heavy atom. The monoisotopic (exact) mass is 331 g/mol. The number of nitriles is 1. The third-order valence-corrected chi connectivity index (χ3v) is 4.40. The minimum atomic E-state index is -0.00230. The van der Waals surface area contributed by atoms with E-state index in [1.807, 2.05) is 29.5 Å². The van der Waals surface area contributed by atoms with Crippen molar-refractivity contribution in [2.75, 3.05) is 39.0 Å². The first-order valence-corrected chi connectivity index (χ1v) is 8.80. The Hall–Kier alpha value is -2.04. The molecular formula is C16H21N5OS. The van der Waals surface area contributed by atoms with Crippen LogP contribution in [0.4, 0.5) is 5.69 Å². The molecular weight excluding hydrogens is 310 g/mol. The average molecular weight is 331 g/mol. The number of carbonyl (C=O) groups is 1. The van der Waals surface area contributed by atoms with Crippen LogP contribution in [-0.2, 0) is 0 Å². The Kier molecular flexibility index (Phi) is 6.44. The van der Waals surface area contributed by atoms with Gasteiger partial charge in [0, 0.05) is 26.2 Å². The smallest absolute Gasteiger partial charge is 0.256 e. The van der Waals surface area contributed by atoms with Crippen molar-refractivity contribution >= 4 is 28.5 Å². The Morgan fingerprint density at radius 3 is 2.65 bits per heavy atom. The van der Waals surface area contributed by atoms with Crippen LogP contribution in [0, 0.1) is 11.5 Å². The molecule has 7 heteroatoms. The number of aliphatic imine (C=N–C) groups is 1. The molecule has 1 fully saturated rings. The van der Waals surface area contributed by atoms with E-state index in [1.54, 1.807) is 12.1 Å². The average Bonchev–Trinajstić information content (AvgIpc) is 2.61. The van der Waals surface area contributed by atoms with E-state index in [4.69, 9.17) is 5.26 Å². The van der Waals surface area contributed by atoms with Crippen molar-refractivity contribution in [1.82, 2.24) is 15.1 Å². The van der Waals surface area contributed by atoms with Gasteiger partial charge in [0.25, 0.3) is 5.91 Å². The molecule has 2 rings (SSSR count). The second-order valence-electron chi connectivity index (χ2n) is 5.10. The number of para-hydroxylation sites is 1. The van der Waals surface area contributed by atoms with Gasteiger partial charge in [-0.1, -0.05) is 30.8 Å². The van der Waals surface area contributed by atoms with Gasteiger partial charge in [0.2, 0.25) is 0 Å². The van der Waals surface area contributed by atoms with Crippen LogP contribution in [0.2, 0.25) is 0 Å². The number of hydrogen-bond donors (Lipinski definition) is 1. The molecule has 0 radical (unpaired) electrons. The van der Waals surface area contributed by atoms with Gasteiger partial charge in [-0.3, -0.25) is 10.1 Å². The van der Waals surface area contributed by atoms with Gasteiger partial charge in [-0.15, -0.1) is 0 Å². The molecule has 0 saturated carbocycles. The molecule has 1 aliphatic rings.